The van der Waals surface area contributed by atoms with Crippen molar-refractivity contribution in [1.29, 1.82) is 0 Å². The minimum Gasteiger partial charge on any atom is -0.314 e. The van der Waals surface area contributed by atoms with Crippen molar-refractivity contribution in [2.45, 2.75) is 39.7 Å². The first-order valence-corrected chi connectivity index (χ1v) is 7.22. The maximum Gasteiger partial charge on any atom is 0.161 e. The average Bonchev–Trinajstić information content (AvgIpc) is 2.89. The lowest BCUT2D eigenvalue weighted by Crippen LogP contribution is -2.36. The van der Waals surface area contributed by atoms with Crippen LogP contribution in [-0.4, -0.2) is 32.8 Å². The third-order valence-corrected chi connectivity index (χ3v) is 3.58. The SMILES string of the molecule is CCNC(C)C(c1nnnn1-c1ccccc1)C(C)C. The van der Waals surface area contributed by atoms with Crippen LogP contribution in [0.1, 0.15) is 39.4 Å². The van der Waals surface area contributed by atoms with Crippen molar-refractivity contribution in [3.8, 4) is 5.69 Å². The molecule has 0 aliphatic heterocycles. The molecule has 0 amide bonds. The van der Waals surface area contributed by atoms with Crippen molar-refractivity contribution < 1.29 is 0 Å². The lowest BCUT2D eigenvalue weighted by molar-refractivity contribution is 0.363. The molecule has 0 saturated heterocycles. The van der Waals surface area contributed by atoms with Crippen LogP contribution in [0.5, 0.6) is 0 Å². The molecule has 0 aliphatic carbocycles. The van der Waals surface area contributed by atoms with Gasteiger partial charge in [0, 0.05) is 12.0 Å². The highest BCUT2D eigenvalue weighted by atomic mass is 15.5. The van der Waals surface area contributed by atoms with Gasteiger partial charge in [-0.25, -0.2) is 0 Å². The summed E-state index contributed by atoms with van der Waals surface area (Å²) in [6.07, 6.45) is 0. The van der Waals surface area contributed by atoms with Crippen LogP contribution < -0.4 is 5.32 Å². The molecule has 5 heteroatoms. The van der Waals surface area contributed by atoms with Gasteiger partial charge >= 0.3 is 0 Å². The van der Waals surface area contributed by atoms with Crippen molar-refractivity contribution >= 4 is 0 Å². The van der Waals surface area contributed by atoms with Gasteiger partial charge in [-0.2, -0.15) is 4.68 Å². The Balaban J connectivity index is 2.38. The van der Waals surface area contributed by atoms with Gasteiger partial charge in [0.25, 0.3) is 0 Å². The average molecular weight is 273 g/mol. The molecule has 0 saturated carbocycles. The van der Waals surface area contributed by atoms with E-state index in [1.165, 1.54) is 0 Å². The molecule has 20 heavy (non-hydrogen) atoms. The van der Waals surface area contributed by atoms with Crippen LogP contribution in [0.25, 0.3) is 5.69 Å². The molecule has 2 aromatic rings. The topological polar surface area (TPSA) is 55.6 Å². The summed E-state index contributed by atoms with van der Waals surface area (Å²) in [5.74, 6) is 1.64. The van der Waals surface area contributed by atoms with Gasteiger partial charge < -0.3 is 5.32 Å². The molecule has 1 aromatic carbocycles. The Labute approximate surface area is 120 Å². The van der Waals surface area contributed by atoms with E-state index in [0.717, 1.165) is 18.1 Å². The Morgan fingerprint density at radius 2 is 1.85 bits per heavy atom. The standard InChI is InChI=1S/C15H23N5/c1-5-16-12(4)14(11(2)3)15-17-18-19-20(15)13-9-7-6-8-10-13/h6-12,14,16H,5H2,1-4H3. The van der Waals surface area contributed by atoms with Crippen LogP contribution in [0.4, 0.5) is 0 Å². The van der Waals surface area contributed by atoms with Crippen LogP contribution in [0.15, 0.2) is 30.3 Å². The van der Waals surface area contributed by atoms with Crippen LogP contribution in [0, 0.1) is 5.92 Å². The smallest absolute Gasteiger partial charge is 0.161 e. The molecule has 5 nitrogen and oxygen atoms in total. The number of rotatable bonds is 6. The van der Waals surface area contributed by atoms with Gasteiger partial charge in [-0.15, -0.1) is 5.10 Å². The highest BCUT2D eigenvalue weighted by Gasteiger charge is 2.28. The van der Waals surface area contributed by atoms with E-state index < -0.39 is 0 Å². The summed E-state index contributed by atoms with van der Waals surface area (Å²) in [6, 6.07) is 10.4. The number of nitrogens with zero attached hydrogens (tertiary/aromatic N) is 4. The lowest BCUT2D eigenvalue weighted by atomic mass is 9.88. The third-order valence-electron chi connectivity index (χ3n) is 3.58. The van der Waals surface area contributed by atoms with E-state index in [-0.39, 0.29) is 5.92 Å². The van der Waals surface area contributed by atoms with E-state index in [2.05, 4.69) is 48.5 Å². The molecule has 1 N–H and O–H groups in total. The minimum absolute atomic E-state index is 0.269. The maximum absolute atomic E-state index is 4.28. The molecule has 1 aromatic heterocycles. The zero-order valence-electron chi connectivity index (χ0n) is 12.6. The van der Waals surface area contributed by atoms with E-state index in [1.807, 2.05) is 35.0 Å². The summed E-state index contributed by atoms with van der Waals surface area (Å²) in [5, 5.41) is 15.8. The number of nitrogens with one attached hydrogen (secondary N) is 1. The Morgan fingerprint density at radius 3 is 2.45 bits per heavy atom. The molecular weight excluding hydrogens is 250 g/mol. The molecule has 2 atom stereocenters. The zero-order chi connectivity index (χ0) is 14.5. The molecule has 0 fully saturated rings. The van der Waals surface area contributed by atoms with E-state index in [9.17, 15) is 0 Å². The first-order chi connectivity index (χ1) is 9.65. The number of hydrogen-bond donors (Lipinski definition) is 1. The zero-order valence-corrected chi connectivity index (χ0v) is 12.6. The van der Waals surface area contributed by atoms with Gasteiger partial charge in [-0.05, 0) is 41.9 Å². The molecule has 0 spiro atoms. The Morgan fingerprint density at radius 1 is 1.15 bits per heavy atom. The third kappa shape index (κ3) is 3.04. The van der Waals surface area contributed by atoms with Crippen LogP contribution >= 0.6 is 0 Å². The predicted molar refractivity (Wildman–Crippen MR) is 79.9 cm³/mol. The molecule has 0 aliphatic rings. The van der Waals surface area contributed by atoms with E-state index in [0.29, 0.717) is 12.0 Å². The largest absolute Gasteiger partial charge is 0.314 e. The number of likely N-dealkylation sites (N-methyl/N-ethyl adjacent to an activating group) is 1. The second-order valence-electron chi connectivity index (χ2n) is 5.40. The van der Waals surface area contributed by atoms with Crippen molar-refractivity contribution in [2.75, 3.05) is 6.54 Å². The van der Waals surface area contributed by atoms with E-state index in [1.54, 1.807) is 0 Å². The van der Waals surface area contributed by atoms with Gasteiger partial charge in [-0.1, -0.05) is 39.0 Å². The Kier molecular flexibility index (Phi) is 4.84. The highest BCUT2D eigenvalue weighted by molar-refractivity contribution is 5.31. The molecule has 2 unspecified atom stereocenters. The maximum atomic E-state index is 4.28. The second kappa shape index (κ2) is 6.61. The fourth-order valence-electron chi connectivity index (χ4n) is 2.70. The van der Waals surface area contributed by atoms with Crippen molar-refractivity contribution in [1.82, 2.24) is 25.5 Å². The van der Waals surface area contributed by atoms with Gasteiger partial charge in [0.2, 0.25) is 0 Å². The fraction of sp³-hybridized carbons (Fsp3) is 0.533. The number of tetrazole rings is 1. The summed E-state index contributed by atoms with van der Waals surface area (Å²) in [6.45, 7) is 9.68. The predicted octanol–water partition coefficient (Wildman–Crippen LogP) is 2.40. The number of benzene rings is 1. The first-order valence-electron chi connectivity index (χ1n) is 7.22. The normalized spacial score (nSPS) is 14.4. The van der Waals surface area contributed by atoms with E-state index >= 15 is 0 Å². The summed E-state index contributed by atoms with van der Waals surface area (Å²) < 4.78 is 1.85. The van der Waals surface area contributed by atoms with Crippen molar-refractivity contribution in [2.24, 2.45) is 5.92 Å². The summed E-state index contributed by atoms with van der Waals surface area (Å²) >= 11 is 0. The lowest BCUT2D eigenvalue weighted by Gasteiger charge is -2.27. The Bertz CT molecular complexity index is 520. The monoisotopic (exact) mass is 273 g/mol. The number of aromatic nitrogens is 4. The van der Waals surface area contributed by atoms with Crippen LogP contribution in [0.2, 0.25) is 0 Å². The van der Waals surface area contributed by atoms with Gasteiger partial charge in [0.05, 0.1) is 5.69 Å². The molecular formula is C15H23N5. The molecule has 2 rings (SSSR count). The minimum atomic E-state index is 0.269. The molecule has 1 heterocycles. The highest BCUT2D eigenvalue weighted by Crippen LogP contribution is 2.27. The van der Waals surface area contributed by atoms with Crippen LogP contribution in [0.3, 0.4) is 0 Å². The summed E-state index contributed by atoms with van der Waals surface area (Å²) in [7, 11) is 0. The Hall–Kier alpha value is -1.75. The van der Waals surface area contributed by atoms with Crippen molar-refractivity contribution in [3.05, 3.63) is 36.2 Å². The summed E-state index contributed by atoms with van der Waals surface area (Å²) in [4.78, 5) is 0. The molecule has 108 valence electrons. The van der Waals surface area contributed by atoms with E-state index in [4.69, 9.17) is 0 Å². The quantitative estimate of drug-likeness (QED) is 0.878. The van der Waals surface area contributed by atoms with Crippen LogP contribution in [-0.2, 0) is 0 Å². The van der Waals surface area contributed by atoms with Gasteiger partial charge in [0.1, 0.15) is 0 Å². The second-order valence-corrected chi connectivity index (χ2v) is 5.40. The fourth-order valence-corrected chi connectivity index (χ4v) is 2.70. The van der Waals surface area contributed by atoms with Gasteiger partial charge in [-0.3, -0.25) is 0 Å². The van der Waals surface area contributed by atoms with Crippen molar-refractivity contribution in [3.63, 3.8) is 0 Å². The summed E-state index contributed by atoms with van der Waals surface area (Å²) in [5.41, 5.74) is 1.00. The molecule has 0 radical (unpaired) electrons. The number of hydrogen-bond acceptors (Lipinski definition) is 4. The first kappa shape index (κ1) is 14.7. The van der Waals surface area contributed by atoms with Gasteiger partial charge in [0.15, 0.2) is 5.82 Å². The molecule has 0 bridgehead atoms. The number of para-hydroxylation sites is 1.